The highest BCUT2D eigenvalue weighted by Gasteiger charge is 2.05. The van der Waals surface area contributed by atoms with Crippen LogP contribution in [0.4, 0.5) is 0 Å². The summed E-state index contributed by atoms with van der Waals surface area (Å²) >= 11 is 0. The highest BCUT2D eigenvalue weighted by Crippen LogP contribution is 2.25. The number of nitrogens with zero attached hydrogens (tertiary/aromatic N) is 1. The summed E-state index contributed by atoms with van der Waals surface area (Å²) in [5.74, 6) is 0.790. The molecule has 0 aliphatic carbocycles. The molecule has 0 saturated heterocycles. The van der Waals surface area contributed by atoms with Gasteiger partial charge < -0.3 is 10.5 Å². The molecule has 0 fully saturated rings. The van der Waals surface area contributed by atoms with Crippen molar-refractivity contribution in [1.82, 2.24) is 4.98 Å². The Balaban J connectivity index is 2.78. The highest BCUT2D eigenvalue weighted by molar-refractivity contribution is 5.87. The van der Waals surface area contributed by atoms with E-state index in [0.29, 0.717) is 6.54 Å². The molecule has 3 heteroatoms. The third-order valence-electron chi connectivity index (χ3n) is 2.26. The number of aromatic nitrogens is 1. The van der Waals surface area contributed by atoms with E-state index >= 15 is 0 Å². The first-order valence-corrected chi connectivity index (χ1v) is 4.47. The minimum atomic E-state index is 0.520. The van der Waals surface area contributed by atoms with Crippen LogP contribution in [0, 0.1) is 0 Å². The van der Waals surface area contributed by atoms with E-state index in [1.165, 1.54) is 0 Å². The zero-order valence-corrected chi connectivity index (χ0v) is 8.03. The first kappa shape index (κ1) is 8.97. The minimum Gasteiger partial charge on any atom is -0.494 e. The zero-order valence-electron chi connectivity index (χ0n) is 8.03. The number of hydrogen-bond acceptors (Lipinski definition) is 3. The van der Waals surface area contributed by atoms with Crippen molar-refractivity contribution >= 4 is 10.9 Å². The molecule has 1 aromatic heterocycles. The smallest absolute Gasteiger partial charge is 0.145 e. The predicted octanol–water partition coefficient (Wildman–Crippen LogP) is 1.70. The van der Waals surface area contributed by atoms with Gasteiger partial charge in [0.15, 0.2) is 0 Å². The molecule has 2 aromatic rings. The molecule has 0 aliphatic rings. The molecule has 0 atom stereocenters. The quantitative estimate of drug-likeness (QED) is 0.780. The van der Waals surface area contributed by atoms with Gasteiger partial charge in [-0.15, -0.1) is 0 Å². The summed E-state index contributed by atoms with van der Waals surface area (Å²) in [5, 5.41) is 1.06. The van der Waals surface area contributed by atoms with Gasteiger partial charge >= 0.3 is 0 Å². The number of nitrogens with two attached hydrogens (primary N) is 1. The van der Waals surface area contributed by atoms with E-state index in [1.807, 2.05) is 24.3 Å². The van der Waals surface area contributed by atoms with Gasteiger partial charge in [0, 0.05) is 18.1 Å². The third kappa shape index (κ3) is 1.32. The van der Waals surface area contributed by atoms with Gasteiger partial charge in [-0.1, -0.05) is 12.1 Å². The molecular weight excluding hydrogens is 176 g/mol. The maximum atomic E-state index is 5.64. The summed E-state index contributed by atoms with van der Waals surface area (Å²) in [6.07, 6.45) is 1.76. The molecule has 0 radical (unpaired) electrons. The van der Waals surface area contributed by atoms with Crippen LogP contribution in [0.3, 0.4) is 0 Å². The van der Waals surface area contributed by atoms with Gasteiger partial charge in [0.05, 0.1) is 7.11 Å². The molecule has 3 nitrogen and oxygen atoms in total. The van der Waals surface area contributed by atoms with Crippen LogP contribution in [0.1, 0.15) is 5.56 Å². The van der Waals surface area contributed by atoms with Crippen LogP contribution in [0.5, 0.6) is 5.75 Å². The van der Waals surface area contributed by atoms with Gasteiger partial charge in [0.25, 0.3) is 0 Å². The Morgan fingerprint density at radius 3 is 2.93 bits per heavy atom. The SMILES string of the molecule is COc1ccc(CN)c2cccnc12. The molecular formula is C11H12N2O. The van der Waals surface area contributed by atoms with Crippen LogP contribution in [0.15, 0.2) is 30.5 Å². The maximum Gasteiger partial charge on any atom is 0.145 e. The second kappa shape index (κ2) is 3.64. The Morgan fingerprint density at radius 2 is 2.21 bits per heavy atom. The molecule has 2 N–H and O–H groups in total. The van der Waals surface area contributed by atoms with Crippen molar-refractivity contribution in [2.24, 2.45) is 5.73 Å². The Labute approximate surface area is 82.5 Å². The molecule has 0 bridgehead atoms. The Kier molecular flexibility index (Phi) is 2.33. The topological polar surface area (TPSA) is 48.1 Å². The average Bonchev–Trinajstić information content (AvgIpc) is 2.27. The molecule has 0 aliphatic heterocycles. The van der Waals surface area contributed by atoms with E-state index in [4.69, 9.17) is 10.5 Å². The standard InChI is InChI=1S/C11H12N2O/c1-14-10-5-4-8(7-12)9-3-2-6-13-11(9)10/h2-6H,7,12H2,1H3. The summed E-state index contributed by atoms with van der Waals surface area (Å²) in [6, 6.07) is 7.79. The highest BCUT2D eigenvalue weighted by atomic mass is 16.5. The number of benzene rings is 1. The lowest BCUT2D eigenvalue weighted by Crippen LogP contribution is -1.98. The maximum absolute atomic E-state index is 5.64. The van der Waals surface area contributed by atoms with E-state index in [9.17, 15) is 0 Å². The van der Waals surface area contributed by atoms with Crippen LogP contribution in [0.2, 0.25) is 0 Å². The van der Waals surface area contributed by atoms with E-state index in [1.54, 1.807) is 13.3 Å². The summed E-state index contributed by atoms with van der Waals surface area (Å²) in [7, 11) is 1.64. The van der Waals surface area contributed by atoms with Crippen molar-refractivity contribution in [3.8, 4) is 5.75 Å². The molecule has 72 valence electrons. The van der Waals surface area contributed by atoms with Gasteiger partial charge in [-0.3, -0.25) is 4.98 Å². The first-order chi connectivity index (χ1) is 6.86. The number of fused-ring (bicyclic) bond motifs is 1. The summed E-state index contributed by atoms with van der Waals surface area (Å²) < 4.78 is 5.22. The van der Waals surface area contributed by atoms with Crippen molar-refractivity contribution < 1.29 is 4.74 Å². The van der Waals surface area contributed by atoms with Gasteiger partial charge in [-0.25, -0.2) is 0 Å². The number of rotatable bonds is 2. The fourth-order valence-corrected chi connectivity index (χ4v) is 1.55. The summed E-state index contributed by atoms with van der Waals surface area (Å²) in [6.45, 7) is 0.520. The molecule has 0 spiro atoms. The van der Waals surface area contributed by atoms with Crippen LogP contribution >= 0.6 is 0 Å². The number of ether oxygens (including phenoxy) is 1. The van der Waals surface area contributed by atoms with Crippen molar-refractivity contribution in [2.45, 2.75) is 6.54 Å². The normalized spacial score (nSPS) is 10.4. The van der Waals surface area contributed by atoms with Crippen LogP contribution in [-0.2, 0) is 6.54 Å². The Morgan fingerprint density at radius 1 is 1.36 bits per heavy atom. The van der Waals surface area contributed by atoms with Crippen molar-refractivity contribution in [3.63, 3.8) is 0 Å². The number of hydrogen-bond donors (Lipinski definition) is 1. The van der Waals surface area contributed by atoms with Crippen LogP contribution in [-0.4, -0.2) is 12.1 Å². The van der Waals surface area contributed by atoms with Crippen molar-refractivity contribution in [1.29, 1.82) is 0 Å². The van der Waals surface area contributed by atoms with E-state index in [-0.39, 0.29) is 0 Å². The lowest BCUT2D eigenvalue weighted by atomic mass is 10.1. The number of pyridine rings is 1. The minimum absolute atomic E-state index is 0.520. The summed E-state index contributed by atoms with van der Waals surface area (Å²) in [4.78, 5) is 4.28. The zero-order chi connectivity index (χ0) is 9.97. The van der Waals surface area contributed by atoms with Crippen molar-refractivity contribution in [2.75, 3.05) is 7.11 Å². The second-order valence-corrected chi connectivity index (χ2v) is 3.03. The van der Waals surface area contributed by atoms with E-state index < -0.39 is 0 Å². The lowest BCUT2D eigenvalue weighted by Gasteiger charge is -2.07. The monoisotopic (exact) mass is 188 g/mol. The van der Waals surface area contributed by atoms with Gasteiger partial charge in [-0.2, -0.15) is 0 Å². The third-order valence-corrected chi connectivity index (χ3v) is 2.26. The first-order valence-electron chi connectivity index (χ1n) is 4.47. The molecule has 1 heterocycles. The Hall–Kier alpha value is -1.61. The molecule has 0 unspecified atom stereocenters. The van der Waals surface area contributed by atoms with Crippen LogP contribution in [0.25, 0.3) is 10.9 Å². The summed E-state index contributed by atoms with van der Waals surface area (Å²) in [5.41, 5.74) is 7.60. The average molecular weight is 188 g/mol. The van der Waals surface area contributed by atoms with E-state index in [2.05, 4.69) is 4.98 Å². The number of methoxy groups -OCH3 is 1. The molecule has 0 saturated carbocycles. The Bertz CT molecular complexity index is 411. The second-order valence-electron chi connectivity index (χ2n) is 3.03. The molecule has 14 heavy (non-hydrogen) atoms. The van der Waals surface area contributed by atoms with Crippen molar-refractivity contribution in [3.05, 3.63) is 36.0 Å². The fourth-order valence-electron chi connectivity index (χ4n) is 1.55. The predicted molar refractivity (Wildman–Crippen MR) is 56.2 cm³/mol. The molecule has 1 aromatic carbocycles. The fraction of sp³-hybridized carbons (Fsp3) is 0.182. The molecule has 2 rings (SSSR count). The van der Waals surface area contributed by atoms with Gasteiger partial charge in [0.2, 0.25) is 0 Å². The van der Waals surface area contributed by atoms with Gasteiger partial charge in [-0.05, 0) is 17.7 Å². The molecule has 0 amide bonds. The lowest BCUT2D eigenvalue weighted by molar-refractivity contribution is 0.419. The van der Waals surface area contributed by atoms with Crippen LogP contribution < -0.4 is 10.5 Å². The van der Waals surface area contributed by atoms with E-state index in [0.717, 1.165) is 22.2 Å². The van der Waals surface area contributed by atoms with Gasteiger partial charge in [0.1, 0.15) is 11.3 Å². The largest absolute Gasteiger partial charge is 0.494 e.